The molecule has 2 nitrogen and oxygen atoms in total. The summed E-state index contributed by atoms with van der Waals surface area (Å²) in [5.74, 6) is 0.414. The van der Waals surface area contributed by atoms with Gasteiger partial charge in [-0.25, -0.2) is 4.39 Å². The highest BCUT2D eigenvalue weighted by atomic mass is 19.1. The lowest BCUT2D eigenvalue weighted by Crippen LogP contribution is -2.35. The van der Waals surface area contributed by atoms with E-state index in [-0.39, 0.29) is 5.82 Å². The molecule has 1 N–H and O–H groups in total. The molecule has 18 heavy (non-hydrogen) atoms. The van der Waals surface area contributed by atoms with Crippen LogP contribution in [-0.2, 0) is 6.54 Å². The minimum absolute atomic E-state index is 0.169. The molecule has 0 fully saturated rings. The van der Waals surface area contributed by atoms with Crippen molar-refractivity contribution in [2.24, 2.45) is 5.92 Å². The smallest absolute Gasteiger partial charge is 0.123 e. The quantitative estimate of drug-likeness (QED) is 0.834. The minimum atomic E-state index is -0.169. The molecule has 0 aliphatic rings. The Bertz CT molecular complexity index is 375. The number of rotatable bonds is 6. The summed E-state index contributed by atoms with van der Waals surface area (Å²) in [7, 11) is 1.89. The molecule has 0 saturated carbocycles. The molecular formula is C15H25FN2. The van der Waals surface area contributed by atoms with Gasteiger partial charge in [0, 0.05) is 24.8 Å². The highest BCUT2D eigenvalue weighted by Crippen LogP contribution is 2.24. The van der Waals surface area contributed by atoms with Crippen molar-refractivity contribution in [2.45, 2.75) is 40.3 Å². The lowest BCUT2D eigenvalue weighted by atomic mass is 10.1. The van der Waals surface area contributed by atoms with Gasteiger partial charge in [0.15, 0.2) is 0 Å². The van der Waals surface area contributed by atoms with Crippen molar-refractivity contribution in [2.75, 3.05) is 18.5 Å². The lowest BCUT2D eigenvalue weighted by Gasteiger charge is -2.32. The second kappa shape index (κ2) is 6.74. The molecule has 0 aromatic heterocycles. The Morgan fingerprint density at radius 3 is 2.39 bits per heavy atom. The molecule has 102 valence electrons. The molecular weight excluding hydrogens is 227 g/mol. The highest BCUT2D eigenvalue weighted by molar-refractivity contribution is 5.54. The van der Waals surface area contributed by atoms with E-state index in [1.807, 2.05) is 13.1 Å². The molecule has 0 atom stereocenters. The monoisotopic (exact) mass is 252 g/mol. The molecule has 0 saturated heterocycles. The summed E-state index contributed by atoms with van der Waals surface area (Å²) in [4.78, 5) is 2.34. The minimum Gasteiger partial charge on any atom is -0.369 e. The topological polar surface area (TPSA) is 15.3 Å². The number of halogens is 1. The van der Waals surface area contributed by atoms with Gasteiger partial charge in [-0.3, -0.25) is 0 Å². The third-order valence-electron chi connectivity index (χ3n) is 2.90. The van der Waals surface area contributed by atoms with Crippen LogP contribution >= 0.6 is 0 Å². The number of hydrogen-bond acceptors (Lipinski definition) is 2. The van der Waals surface area contributed by atoms with Crippen molar-refractivity contribution in [3.63, 3.8) is 0 Å². The van der Waals surface area contributed by atoms with Gasteiger partial charge in [0.2, 0.25) is 0 Å². The summed E-state index contributed by atoms with van der Waals surface area (Å²) >= 11 is 0. The Kier molecular flexibility index (Phi) is 5.60. The Labute approximate surface area is 110 Å². The van der Waals surface area contributed by atoms with E-state index in [2.05, 4.69) is 37.9 Å². The maximum absolute atomic E-state index is 13.4. The van der Waals surface area contributed by atoms with E-state index < -0.39 is 0 Å². The van der Waals surface area contributed by atoms with Crippen molar-refractivity contribution in [3.05, 3.63) is 29.6 Å². The van der Waals surface area contributed by atoms with Gasteiger partial charge in [-0.1, -0.05) is 13.8 Å². The van der Waals surface area contributed by atoms with Gasteiger partial charge < -0.3 is 10.2 Å². The highest BCUT2D eigenvalue weighted by Gasteiger charge is 2.16. The SMILES string of the molecule is CNCc1cc(F)ccc1N(CC(C)C)C(C)C. The van der Waals surface area contributed by atoms with Crippen LogP contribution in [0.3, 0.4) is 0 Å². The van der Waals surface area contributed by atoms with E-state index >= 15 is 0 Å². The molecule has 0 spiro atoms. The van der Waals surface area contributed by atoms with Crippen molar-refractivity contribution in [1.29, 1.82) is 0 Å². The summed E-state index contributed by atoms with van der Waals surface area (Å²) in [6.45, 7) is 10.4. The number of nitrogens with zero attached hydrogens (tertiary/aromatic N) is 1. The molecule has 0 bridgehead atoms. The fourth-order valence-corrected chi connectivity index (χ4v) is 2.15. The lowest BCUT2D eigenvalue weighted by molar-refractivity contribution is 0.566. The van der Waals surface area contributed by atoms with Gasteiger partial charge in [0.25, 0.3) is 0 Å². The first kappa shape index (κ1) is 15.0. The van der Waals surface area contributed by atoms with Crippen LogP contribution < -0.4 is 10.2 Å². The van der Waals surface area contributed by atoms with E-state index in [1.165, 1.54) is 0 Å². The second-order valence-corrected chi connectivity index (χ2v) is 5.44. The summed E-state index contributed by atoms with van der Waals surface area (Å²) in [6, 6.07) is 5.48. The van der Waals surface area contributed by atoms with Gasteiger partial charge >= 0.3 is 0 Å². The average molecular weight is 252 g/mol. The summed E-state index contributed by atoms with van der Waals surface area (Å²) in [5.41, 5.74) is 2.15. The van der Waals surface area contributed by atoms with Crippen LogP contribution in [0.2, 0.25) is 0 Å². The Balaban J connectivity index is 3.09. The zero-order valence-electron chi connectivity index (χ0n) is 12.1. The van der Waals surface area contributed by atoms with Crippen LogP contribution in [0.15, 0.2) is 18.2 Å². The van der Waals surface area contributed by atoms with Crippen LogP contribution in [0.25, 0.3) is 0 Å². The van der Waals surface area contributed by atoms with E-state index in [0.717, 1.165) is 17.8 Å². The molecule has 0 heterocycles. The van der Waals surface area contributed by atoms with Gasteiger partial charge in [0.1, 0.15) is 5.82 Å². The van der Waals surface area contributed by atoms with Crippen LogP contribution in [0.5, 0.6) is 0 Å². The molecule has 0 amide bonds. The fraction of sp³-hybridized carbons (Fsp3) is 0.600. The number of benzene rings is 1. The van der Waals surface area contributed by atoms with Crippen molar-refractivity contribution in [3.8, 4) is 0 Å². The first-order valence-corrected chi connectivity index (χ1v) is 6.65. The normalized spacial score (nSPS) is 11.3. The second-order valence-electron chi connectivity index (χ2n) is 5.44. The van der Waals surface area contributed by atoms with E-state index in [0.29, 0.717) is 18.5 Å². The Hall–Kier alpha value is -1.09. The summed E-state index contributed by atoms with van der Waals surface area (Å²) in [5, 5.41) is 3.11. The van der Waals surface area contributed by atoms with Crippen molar-refractivity contribution >= 4 is 5.69 Å². The van der Waals surface area contributed by atoms with Gasteiger partial charge in [-0.2, -0.15) is 0 Å². The third-order valence-corrected chi connectivity index (χ3v) is 2.90. The molecule has 3 heteroatoms. The zero-order valence-corrected chi connectivity index (χ0v) is 12.1. The number of anilines is 1. The summed E-state index contributed by atoms with van der Waals surface area (Å²) in [6.07, 6.45) is 0. The van der Waals surface area contributed by atoms with Crippen LogP contribution in [0, 0.1) is 11.7 Å². The zero-order chi connectivity index (χ0) is 13.7. The standard InChI is InChI=1S/C15H25FN2/c1-11(2)10-18(12(3)4)15-7-6-14(16)8-13(15)9-17-5/h6-8,11-12,17H,9-10H2,1-5H3. The van der Waals surface area contributed by atoms with E-state index in [4.69, 9.17) is 0 Å². The van der Waals surface area contributed by atoms with Crippen molar-refractivity contribution in [1.82, 2.24) is 5.32 Å². The molecule has 0 aliphatic heterocycles. The maximum atomic E-state index is 13.4. The predicted octanol–water partition coefficient (Wildman–Crippen LogP) is 3.42. The fourth-order valence-electron chi connectivity index (χ4n) is 2.15. The van der Waals surface area contributed by atoms with Crippen LogP contribution in [0.4, 0.5) is 10.1 Å². The predicted molar refractivity (Wildman–Crippen MR) is 76.5 cm³/mol. The first-order valence-electron chi connectivity index (χ1n) is 6.65. The Morgan fingerprint density at radius 1 is 1.22 bits per heavy atom. The van der Waals surface area contributed by atoms with Crippen molar-refractivity contribution < 1.29 is 4.39 Å². The van der Waals surface area contributed by atoms with Crippen LogP contribution in [-0.4, -0.2) is 19.6 Å². The molecule has 0 radical (unpaired) electrons. The summed E-state index contributed by atoms with van der Waals surface area (Å²) < 4.78 is 13.4. The van der Waals surface area contributed by atoms with Crippen LogP contribution in [0.1, 0.15) is 33.3 Å². The first-order chi connectivity index (χ1) is 8.45. The largest absolute Gasteiger partial charge is 0.369 e. The van der Waals surface area contributed by atoms with Gasteiger partial charge in [-0.05, 0) is 50.6 Å². The Morgan fingerprint density at radius 2 is 1.89 bits per heavy atom. The number of nitrogens with one attached hydrogen (secondary N) is 1. The third kappa shape index (κ3) is 3.98. The molecule has 1 aromatic rings. The van der Waals surface area contributed by atoms with Gasteiger partial charge in [-0.15, -0.1) is 0 Å². The molecule has 1 rings (SSSR count). The molecule has 1 aromatic carbocycles. The molecule has 0 unspecified atom stereocenters. The number of hydrogen-bond donors (Lipinski definition) is 1. The molecule has 0 aliphatic carbocycles. The van der Waals surface area contributed by atoms with E-state index in [9.17, 15) is 4.39 Å². The average Bonchev–Trinajstić information content (AvgIpc) is 2.26. The van der Waals surface area contributed by atoms with E-state index in [1.54, 1.807) is 12.1 Å². The van der Waals surface area contributed by atoms with Gasteiger partial charge in [0.05, 0.1) is 0 Å². The maximum Gasteiger partial charge on any atom is 0.123 e.